The first kappa shape index (κ1) is 27.4. The Balaban J connectivity index is 1.37. The van der Waals surface area contributed by atoms with E-state index in [0.29, 0.717) is 5.92 Å². The highest BCUT2D eigenvalue weighted by atomic mass is 15.2. The third-order valence-electron chi connectivity index (χ3n) is 7.73. The number of rotatable bonds is 9. The molecule has 0 amide bonds. The van der Waals surface area contributed by atoms with Gasteiger partial charge in [-0.15, -0.1) is 0 Å². The van der Waals surface area contributed by atoms with E-state index < -0.39 is 0 Å². The van der Waals surface area contributed by atoms with E-state index >= 15 is 0 Å². The minimum atomic E-state index is 0.207. The Morgan fingerprint density at radius 2 is 1.51 bits per heavy atom. The van der Waals surface area contributed by atoms with Gasteiger partial charge in [-0.05, 0) is 67.1 Å². The number of hydrogen-bond donors (Lipinski definition) is 0. The predicted octanol–water partition coefficient (Wildman–Crippen LogP) is 6.49. The van der Waals surface area contributed by atoms with E-state index in [1.807, 2.05) is 24.5 Å². The minimum absolute atomic E-state index is 0.207. The van der Waals surface area contributed by atoms with Crippen LogP contribution in [0.25, 0.3) is 11.4 Å². The molecule has 0 radical (unpaired) electrons. The van der Waals surface area contributed by atoms with Gasteiger partial charge in [0.05, 0.1) is 0 Å². The zero-order valence-corrected chi connectivity index (χ0v) is 23.6. The van der Waals surface area contributed by atoms with Gasteiger partial charge in [-0.3, -0.25) is 9.88 Å². The van der Waals surface area contributed by atoms with Crippen LogP contribution >= 0.6 is 0 Å². The van der Waals surface area contributed by atoms with Gasteiger partial charge in [-0.25, -0.2) is 9.97 Å². The first-order valence-electron chi connectivity index (χ1n) is 14.2. The molecule has 0 bridgehead atoms. The number of benzene rings is 1. The van der Waals surface area contributed by atoms with Gasteiger partial charge >= 0.3 is 0 Å². The second-order valence-corrected chi connectivity index (χ2v) is 11.5. The Bertz CT molecular complexity index is 1100. The van der Waals surface area contributed by atoms with Gasteiger partial charge in [0.2, 0.25) is 0 Å². The fraction of sp³-hybridized carbons (Fsp3) is 0.531. The lowest BCUT2D eigenvalue weighted by Gasteiger charge is -2.23. The molecule has 1 saturated heterocycles. The maximum Gasteiger partial charge on any atom is 0.159 e. The molecule has 0 N–H and O–H groups in total. The Hall–Kier alpha value is -2.63. The molecule has 0 aliphatic carbocycles. The van der Waals surface area contributed by atoms with Crippen LogP contribution in [0.4, 0.5) is 0 Å². The summed E-state index contributed by atoms with van der Waals surface area (Å²) in [5.74, 6) is 1.31. The lowest BCUT2D eigenvalue weighted by atomic mass is 9.87. The summed E-state index contributed by atoms with van der Waals surface area (Å²) in [6.07, 6.45) is 8.02. The van der Waals surface area contributed by atoms with E-state index in [0.717, 1.165) is 75.6 Å². The lowest BCUT2D eigenvalue weighted by Crippen LogP contribution is -2.32. The molecule has 198 valence electrons. The summed E-state index contributed by atoms with van der Waals surface area (Å²) in [6, 6.07) is 15.5. The molecule has 0 saturated carbocycles. The highest BCUT2D eigenvalue weighted by Gasteiger charge is 2.18. The molecule has 0 spiro atoms. The highest BCUT2D eigenvalue weighted by molar-refractivity contribution is 5.54. The van der Waals surface area contributed by atoms with E-state index in [9.17, 15) is 0 Å². The van der Waals surface area contributed by atoms with Crippen molar-refractivity contribution in [2.75, 3.05) is 32.7 Å². The number of nitrogens with zero attached hydrogens (tertiary/aromatic N) is 5. The maximum atomic E-state index is 4.98. The SMILES string of the molecule is CCC(CC)c1cc(CCN2CCCN(Cc3ccc(C(C)(C)C)cc3)CC2)nc(-c2ccncc2)n1. The van der Waals surface area contributed by atoms with Gasteiger partial charge in [-0.1, -0.05) is 58.9 Å². The fourth-order valence-electron chi connectivity index (χ4n) is 5.24. The molecule has 1 fully saturated rings. The van der Waals surface area contributed by atoms with Crippen molar-refractivity contribution < 1.29 is 0 Å². The van der Waals surface area contributed by atoms with Crippen LogP contribution < -0.4 is 0 Å². The molecule has 5 nitrogen and oxygen atoms in total. The summed E-state index contributed by atoms with van der Waals surface area (Å²) in [5, 5.41) is 0. The van der Waals surface area contributed by atoms with Gasteiger partial charge in [0.1, 0.15) is 0 Å². The van der Waals surface area contributed by atoms with E-state index in [1.165, 1.54) is 23.2 Å². The Morgan fingerprint density at radius 1 is 0.838 bits per heavy atom. The fourth-order valence-corrected chi connectivity index (χ4v) is 5.24. The van der Waals surface area contributed by atoms with Crippen molar-refractivity contribution in [3.05, 3.63) is 77.4 Å². The Labute approximate surface area is 224 Å². The van der Waals surface area contributed by atoms with Crippen LogP contribution in [0.3, 0.4) is 0 Å². The first-order chi connectivity index (χ1) is 17.9. The average Bonchev–Trinajstić information content (AvgIpc) is 3.13. The first-order valence-corrected chi connectivity index (χ1v) is 14.2. The predicted molar refractivity (Wildman–Crippen MR) is 154 cm³/mol. The third kappa shape index (κ3) is 7.68. The Kier molecular flexibility index (Phi) is 9.44. The maximum absolute atomic E-state index is 4.98. The molecular formula is C32H45N5. The summed E-state index contributed by atoms with van der Waals surface area (Å²) in [4.78, 5) is 19.3. The molecule has 0 atom stereocenters. The molecule has 2 aromatic heterocycles. The second-order valence-electron chi connectivity index (χ2n) is 11.5. The third-order valence-corrected chi connectivity index (χ3v) is 7.73. The van der Waals surface area contributed by atoms with E-state index in [1.54, 1.807) is 0 Å². The van der Waals surface area contributed by atoms with Crippen LogP contribution in [0.5, 0.6) is 0 Å². The molecule has 3 aromatic rings. The summed E-state index contributed by atoms with van der Waals surface area (Å²) in [6.45, 7) is 18.0. The number of aromatic nitrogens is 3. The van der Waals surface area contributed by atoms with Gasteiger partial charge < -0.3 is 4.90 Å². The largest absolute Gasteiger partial charge is 0.302 e. The van der Waals surface area contributed by atoms with Crippen molar-refractivity contribution >= 4 is 0 Å². The molecular weight excluding hydrogens is 454 g/mol. The average molecular weight is 500 g/mol. The standard InChI is InChI=1S/C32H45N5/c1-6-26(7-2)30-23-29(34-31(35-30)27-13-16-33-17-14-27)15-20-36-18-8-19-37(22-21-36)24-25-9-11-28(12-10-25)32(3,4)5/h9-14,16-17,23,26H,6-8,15,18-22,24H2,1-5H3. The van der Waals surface area contributed by atoms with Crippen LogP contribution in [0.1, 0.15) is 82.3 Å². The van der Waals surface area contributed by atoms with Crippen LogP contribution in [-0.2, 0) is 18.4 Å². The molecule has 3 heterocycles. The normalized spacial score (nSPS) is 15.7. The number of hydrogen-bond acceptors (Lipinski definition) is 5. The van der Waals surface area contributed by atoms with E-state index in [4.69, 9.17) is 9.97 Å². The van der Waals surface area contributed by atoms with Crippen LogP contribution in [0.2, 0.25) is 0 Å². The smallest absolute Gasteiger partial charge is 0.159 e. The summed E-state index contributed by atoms with van der Waals surface area (Å²) in [7, 11) is 0. The van der Waals surface area contributed by atoms with Crippen molar-refractivity contribution in [2.45, 2.75) is 78.2 Å². The second kappa shape index (κ2) is 12.7. The van der Waals surface area contributed by atoms with Gasteiger partial charge in [0, 0.05) is 67.9 Å². The summed E-state index contributed by atoms with van der Waals surface area (Å²) < 4.78 is 0. The Morgan fingerprint density at radius 3 is 2.19 bits per heavy atom. The molecule has 1 aromatic carbocycles. The number of pyridine rings is 1. The molecule has 1 aliphatic heterocycles. The highest BCUT2D eigenvalue weighted by Crippen LogP contribution is 2.25. The van der Waals surface area contributed by atoms with E-state index in [2.05, 4.69) is 79.7 Å². The van der Waals surface area contributed by atoms with Crippen molar-refractivity contribution in [3.8, 4) is 11.4 Å². The van der Waals surface area contributed by atoms with Crippen molar-refractivity contribution in [2.24, 2.45) is 0 Å². The molecule has 37 heavy (non-hydrogen) atoms. The monoisotopic (exact) mass is 499 g/mol. The van der Waals surface area contributed by atoms with Gasteiger partial charge in [-0.2, -0.15) is 0 Å². The quantitative estimate of drug-likeness (QED) is 0.337. The molecule has 4 rings (SSSR count). The zero-order valence-electron chi connectivity index (χ0n) is 23.6. The van der Waals surface area contributed by atoms with Gasteiger partial charge in [0.15, 0.2) is 5.82 Å². The van der Waals surface area contributed by atoms with Crippen LogP contribution in [0, 0.1) is 0 Å². The summed E-state index contributed by atoms with van der Waals surface area (Å²) in [5.41, 5.74) is 6.41. The van der Waals surface area contributed by atoms with Crippen molar-refractivity contribution in [1.82, 2.24) is 24.8 Å². The zero-order chi connectivity index (χ0) is 26.3. The van der Waals surface area contributed by atoms with E-state index in [-0.39, 0.29) is 5.41 Å². The van der Waals surface area contributed by atoms with Crippen molar-refractivity contribution in [1.29, 1.82) is 0 Å². The van der Waals surface area contributed by atoms with Gasteiger partial charge in [0.25, 0.3) is 0 Å². The van der Waals surface area contributed by atoms with Crippen LogP contribution in [-0.4, -0.2) is 57.5 Å². The van der Waals surface area contributed by atoms with Crippen molar-refractivity contribution in [3.63, 3.8) is 0 Å². The lowest BCUT2D eigenvalue weighted by molar-refractivity contribution is 0.252. The summed E-state index contributed by atoms with van der Waals surface area (Å²) >= 11 is 0. The molecule has 1 aliphatic rings. The molecule has 5 heteroatoms. The van der Waals surface area contributed by atoms with Crippen LogP contribution in [0.15, 0.2) is 54.9 Å². The molecule has 0 unspecified atom stereocenters. The topological polar surface area (TPSA) is 45.2 Å². The minimum Gasteiger partial charge on any atom is -0.302 e.